The molecule has 112 valence electrons. The average molecular weight is 313 g/mol. The Morgan fingerprint density at radius 1 is 1.23 bits per heavy atom. The predicted molar refractivity (Wildman–Crippen MR) is 85.5 cm³/mol. The van der Waals surface area contributed by atoms with Gasteiger partial charge in [-0.1, -0.05) is 41.7 Å². The Hall–Kier alpha value is -2.47. The quantitative estimate of drug-likeness (QED) is 0.695. The number of aromatic nitrogens is 3. The van der Waals surface area contributed by atoms with Crippen LogP contribution in [0.4, 0.5) is 0 Å². The Morgan fingerprint density at radius 2 is 1.95 bits per heavy atom. The maximum Gasteiger partial charge on any atom is 0.358 e. The summed E-state index contributed by atoms with van der Waals surface area (Å²) in [4.78, 5) is 17.3. The van der Waals surface area contributed by atoms with E-state index in [-0.39, 0.29) is 0 Å². The van der Waals surface area contributed by atoms with Gasteiger partial charge in [0.05, 0.1) is 17.7 Å². The SMILES string of the molecule is COC(=O)c1nc(-n2nc(C)cc2C)sc1-c1ccccc1. The van der Waals surface area contributed by atoms with Gasteiger partial charge in [-0.2, -0.15) is 5.10 Å². The fraction of sp³-hybridized carbons (Fsp3) is 0.188. The van der Waals surface area contributed by atoms with Crippen LogP contribution in [0.15, 0.2) is 36.4 Å². The van der Waals surface area contributed by atoms with Crippen LogP contribution in [0, 0.1) is 13.8 Å². The van der Waals surface area contributed by atoms with Gasteiger partial charge in [0.25, 0.3) is 0 Å². The molecule has 0 N–H and O–H groups in total. The van der Waals surface area contributed by atoms with Gasteiger partial charge < -0.3 is 4.74 Å². The van der Waals surface area contributed by atoms with Crippen LogP contribution >= 0.6 is 11.3 Å². The normalized spacial score (nSPS) is 10.7. The van der Waals surface area contributed by atoms with Crippen molar-refractivity contribution in [2.24, 2.45) is 0 Å². The van der Waals surface area contributed by atoms with Crippen molar-refractivity contribution in [3.8, 4) is 15.6 Å². The molecule has 2 heterocycles. The third-order valence-corrected chi connectivity index (χ3v) is 4.30. The van der Waals surface area contributed by atoms with Gasteiger partial charge >= 0.3 is 5.97 Å². The van der Waals surface area contributed by atoms with Crippen LogP contribution in [0.25, 0.3) is 15.6 Å². The van der Waals surface area contributed by atoms with Gasteiger partial charge in [-0.15, -0.1) is 0 Å². The Labute approximate surface area is 132 Å². The number of nitrogens with zero attached hydrogens (tertiary/aromatic N) is 3. The maximum atomic E-state index is 12.0. The molecule has 5 nitrogen and oxygen atoms in total. The van der Waals surface area contributed by atoms with Gasteiger partial charge in [0.2, 0.25) is 5.13 Å². The maximum absolute atomic E-state index is 12.0. The smallest absolute Gasteiger partial charge is 0.358 e. The highest BCUT2D eigenvalue weighted by Gasteiger charge is 2.21. The third-order valence-electron chi connectivity index (χ3n) is 3.22. The molecular formula is C16H15N3O2S. The van der Waals surface area contributed by atoms with E-state index in [0.29, 0.717) is 10.8 Å². The van der Waals surface area contributed by atoms with Gasteiger partial charge in [0.15, 0.2) is 5.69 Å². The number of carbonyl (C=O) groups excluding carboxylic acids is 1. The zero-order chi connectivity index (χ0) is 15.7. The van der Waals surface area contributed by atoms with E-state index in [9.17, 15) is 4.79 Å². The first-order valence-electron chi connectivity index (χ1n) is 6.78. The molecule has 0 aliphatic heterocycles. The standard InChI is InChI=1S/C16H15N3O2S/c1-10-9-11(2)19(18-10)16-17-13(15(20)21-3)14(22-16)12-7-5-4-6-8-12/h4-9H,1-3H3. The topological polar surface area (TPSA) is 57.0 Å². The molecule has 6 heteroatoms. The van der Waals surface area contributed by atoms with Crippen LogP contribution in [0.1, 0.15) is 21.9 Å². The van der Waals surface area contributed by atoms with Crippen molar-refractivity contribution >= 4 is 17.3 Å². The number of thiazole rings is 1. The summed E-state index contributed by atoms with van der Waals surface area (Å²) >= 11 is 1.43. The zero-order valence-electron chi connectivity index (χ0n) is 12.5. The molecule has 0 fully saturated rings. The molecule has 0 saturated heterocycles. The second-order valence-electron chi connectivity index (χ2n) is 4.87. The minimum absolute atomic E-state index is 0.321. The number of esters is 1. The molecular weight excluding hydrogens is 298 g/mol. The summed E-state index contributed by atoms with van der Waals surface area (Å²) in [5.41, 5.74) is 3.14. The van der Waals surface area contributed by atoms with E-state index in [1.54, 1.807) is 4.68 Å². The lowest BCUT2D eigenvalue weighted by molar-refractivity contribution is 0.0596. The van der Waals surface area contributed by atoms with Crippen molar-refractivity contribution in [2.45, 2.75) is 13.8 Å². The minimum atomic E-state index is -0.442. The van der Waals surface area contributed by atoms with Crippen LogP contribution in [-0.4, -0.2) is 27.8 Å². The number of methoxy groups -OCH3 is 1. The van der Waals surface area contributed by atoms with Gasteiger partial charge in [-0.3, -0.25) is 0 Å². The minimum Gasteiger partial charge on any atom is -0.464 e. The summed E-state index contributed by atoms with van der Waals surface area (Å²) < 4.78 is 6.61. The van der Waals surface area contributed by atoms with Gasteiger partial charge in [0, 0.05) is 5.69 Å². The first kappa shape index (κ1) is 14.5. The lowest BCUT2D eigenvalue weighted by atomic mass is 10.1. The molecule has 0 aliphatic rings. The van der Waals surface area contributed by atoms with E-state index in [2.05, 4.69) is 10.1 Å². The lowest BCUT2D eigenvalue weighted by Gasteiger charge is -1.99. The highest BCUT2D eigenvalue weighted by atomic mass is 32.1. The second-order valence-corrected chi connectivity index (χ2v) is 5.85. The number of ether oxygens (including phenoxy) is 1. The molecule has 0 saturated carbocycles. The predicted octanol–water partition coefficient (Wildman–Crippen LogP) is 3.40. The summed E-state index contributed by atoms with van der Waals surface area (Å²) in [6.07, 6.45) is 0. The van der Waals surface area contributed by atoms with Crippen LogP contribution < -0.4 is 0 Å². The second kappa shape index (κ2) is 5.73. The van der Waals surface area contributed by atoms with E-state index in [4.69, 9.17) is 4.74 Å². The van der Waals surface area contributed by atoms with Crippen LogP contribution in [0.5, 0.6) is 0 Å². The zero-order valence-corrected chi connectivity index (χ0v) is 13.3. The van der Waals surface area contributed by atoms with E-state index in [1.807, 2.05) is 50.2 Å². The summed E-state index contributed by atoms with van der Waals surface area (Å²) in [5, 5.41) is 5.08. The number of rotatable bonds is 3. The van der Waals surface area contributed by atoms with E-state index in [0.717, 1.165) is 21.8 Å². The van der Waals surface area contributed by atoms with Gasteiger partial charge in [-0.05, 0) is 25.5 Å². The molecule has 3 rings (SSSR count). The molecule has 0 bridgehead atoms. The molecule has 0 atom stereocenters. The fourth-order valence-electron chi connectivity index (χ4n) is 2.24. The first-order chi connectivity index (χ1) is 10.6. The van der Waals surface area contributed by atoms with Crippen LogP contribution in [0.2, 0.25) is 0 Å². The monoisotopic (exact) mass is 313 g/mol. The van der Waals surface area contributed by atoms with Crippen molar-refractivity contribution in [1.29, 1.82) is 0 Å². The lowest BCUT2D eigenvalue weighted by Crippen LogP contribution is -2.05. The molecule has 1 aromatic carbocycles. The average Bonchev–Trinajstić information content (AvgIpc) is 3.10. The number of aryl methyl sites for hydroxylation is 2. The Morgan fingerprint density at radius 3 is 2.55 bits per heavy atom. The summed E-state index contributed by atoms with van der Waals surface area (Å²) in [6, 6.07) is 11.7. The number of carbonyl (C=O) groups is 1. The molecule has 0 amide bonds. The Kier molecular flexibility index (Phi) is 3.77. The van der Waals surface area contributed by atoms with Crippen molar-refractivity contribution in [3.63, 3.8) is 0 Å². The number of benzene rings is 1. The van der Waals surface area contributed by atoms with E-state index >= 15 is 0 Å². The molecule has 22 heavy (non-hydrogen) atoms. The van der Waals surface area contributed by atoms with Crippen LogP contribution in [-0.2, 0) is 4.74 Å². The summed E-state index contributed by atoms with van der Waals surface area (Å²) in [5.74, 6) is -0.442. The Bertz CT molecular complexity index is 821. The molecule has 0 aliphatic carbocycles. The molecule has 0 radical (unpaired) electrons. The number of hydrogen-bond acceptors (Lipinski definition) is 5. The highest BCUT2D eigenvalue weighted by molar-refractivity contribution is 7.17. The molecule has 0 unspecified atom stereocenters. The first-order valence-corrected chi connectivity index (χ1v) is 7.60. The van der Waals surface area contributed by atoms with Gasteiger partial charge in [0.1, 0.15) is 0 Å². The summed E-state index contributed by atoms with van der Waals surface area (Å²) in [6.45, 7) is 3.89. The van der Waals surface area contributed by atoms with Crippen molar-refractivity contribution in [1.82, 2.24) is 14.8 Å². The molecule has 0 spiro atoms. The van der Waals surface area contributed by atoms with Crippen molar-refractivity contribution < 1.29 is 9.53 Å². The number of hydrogen-bond donors (Lipinski definition) is 0. The highest BCUT2D eigenvalue weighted by Crippen LogP contribution is 2.32. The molecule has 3 aromatic rings. The van der Waals surface area contributed by atoms with Crippen LogP contribution in [0.3, 0.4) is 0 Å². The van der Waals surface area contributed by atoms with Crippen molar-refractivity contribution in [2.75, 3.05) is 7.11 Å². The van der Waals surface area contributed by atoms with Gasteiger partial charge in [-0.25, -0.2) is 14.5 Å². The van der Waals surface area contributed by atoms with E-state index in [1.165, 1.54) is 18.4 Å². The fourth-order valence-corrected chi connectivity index (χ4v) is 3.31. The van der Waals surface area contributed by atoms with E-state index < -0.39 is 5.97 Å². The molecule has 2 aromatic heterocycles. The summed E-state index contributed by atoms with van der Waals surface area (Å²) in [7, 11) is 1.36. The Balaban J connectivity index is 2.17. The third kappa shape index (κ3) is 2.53. The van der Waals surface area contributed by atoms with Crippen molar-refractivity contribution in [3.05, 3.63) is 53.5 Å². The largest absolute Gasteiger partial charge is 0.464 e.